The average molecular weight is 422 g/mol. The monoisotopic (exact) mass is 422 g/mol. The average Bonchev–Trinajstić information content (AvgIpc) is 3.38. The molecule has 31 heavy (non-hydrogen) atoms. The summed E-state index contributed by atoms with van der Waals surface area (Å²) in [6.45, 7) is 2.62. The van der Waals surface area contributed by atoms with Crippen LogP contribution in [0.1, 0.15) is 32.2 Å². The number of methoxy groups -OCH3 is 2. The number of nitrogens with zero attached hydrogens (tertiary/aromatic N) is 3. The summed E-state index contributed by atoms with van der Waals surface area (Å²) < 4.78 is 19.4. The number of ether oxygens (including phenoxy) is 3. The van der Waals surface area contributed by atoms with Crippen LogP contribution in [0.2, 0.25) is 0 Å². The van der Waals surface area contributed by atoms with Crippen LogP contribution in [0.4, 0.5) is 0 Å². The summed E-state index contributed by atoms with van der Waals surface area (Å²) in [7, 11) is 3.23. The molecule has 0 radical (unpaired) electrons. The van der Waals surface area contributed by atoms with Crippen LogP contribution >= 0.6 is 0 Å². The summed E-state index contributed by atoms with van der Waals surface area (Å²) in [6, 6.07) is 8.14. The Hall–Kier alpha value is -3.29. The minimum absolute atomic E-state index is 0.0701. The van der Waals surface area contributed by atoms with Gasteiger partial charge in [0.25, 0.3) is 0 Å². The van der Waals surface area contributed by atoms with E-state index in [-0.39, 0.29) is 17.9 Å². The molecule has 1 N–H and O–H groups in total. The molecular formula is C23H26N4O4. The predicted octanol–water partition coefficient (Wildman–Crippen LogP) is 3.35. The number of rotatable bonds is 7. The second kappa shape index (κ2) is 7.76. The van der Waals surface area contributed by atoms with Gasteiger partial charge in [0.2, 0.25) is 11.8 Å². The van der Waals surface area contributed by atoms with Gasteiger partial charge in [-0.2, -0.15) is 0 Å². The molecule has 2 fully saturated rings. The third kappa shape index (κ3) is 3.66. The number of hydrogen-bond acceptors (Lipinski definition) is 6. The Balaban J connectivity index is 1.57. The molecule has 8 nitrogen and oxygen atoms in total. The Morgan fingerprint density at radius 1 is 1.16 bits per heavy atom. The van der Waals surface area contributed by atoms with Gasteiger partial charge in [-0.05, 0) is 44.0 Å². The number of carbonyl (C=O) groups excluding carboxylic acids is 1. The van der Waals surface area contributed by atoms with Crippen LogP contribution in [0.3, 0.4) is 0 Å². The van der Waals surface area contributed by atoms with Crippen LogP contribution < -0.4 is 19.5 Å². The number of benzene rings is 1. The van der Waals surface area contributed by atoms with Crippen molar-refractivity contribution in [3.63, 3.8) is 0 Å². The minimum atomic E-state index is -0.155. The van der Waals surface area contributed by atoms with Gasteiger partial charge in [-0.15, -0.1) is 0 Å². The topological polar surface area (TPSA) is 87.5 Å². The molecular weight excluding hydrogens is 396 g/mol. The third-order valence-electron chi connectivity index (χ3n) is 6.11. The van der Waals surface area contributed by atoms with Gasteiger partial charge in [0.05, 0.1) is 31.8 Å². The summed E-state index contributed by atoms with van der Waals surface area (Å²) in [5.41, 5.74) is 3.39. The number of nitrogens with one attached hydrogen (secondary N) is 1. The summed E-state index contributed by atoms with van der Waals surface area (Å²) in [5, 5.41) is 2.89. The summed E-state index contributed by atoms with van der Waals surface area (Å²) in [5.74, 6) is 2.04. The maximum Gasteiger partial charge on any atom is 0.241 e. The van der Waals surface area contributed by atoms with Crippen molar-refractivity contribution in [3.05, 3.63) is 30.6 Å². The molecule has 1 saturated heterocycles. The van der Waals surface area contributed by atoms with Crippen molar-refractivity contribution >= 4 is 16.9 Å². The first-order chi connectivity index (χ1) is 15.1. The fourth-order valence-corrected chi connectivity index (χ4v) is 4.11. The standard InChI is InChI=1S/C23H26N4O4/c1-13(15-9-21(28)24-11-15)31-23-22-18(25-12-27(22)16-5-6-16)10-17(26-23)14-4-7-19(29-2)20(8-14)30-3/h4,7-8,10,12-13,15-16H,5-6,9,11H2,1-3H3,(H,24,28)/t13-,15-/m1/s1. The molecule has 5 rings (SSSR count). The predicted molar refractivity (Wildman–Crippen MR) is 116 cm³/mol. The maximum atomic E-state index is 11.7. The van der Waals surface area contributed by atoms with E-state index in [2.05, 4.69) is 14.9 Å². The van der Waals surface area contributed by atoms with Gasteiger partial charge in [0.15, 0.2) is 11.5 Å². The van der Waals surface area contributed by atoms with E-state index >= 15 is 0 Å². The van der Waals surface area contributed by atoms with Gasteiger partial charge in [-0.3, -0.25) is 4.79 Å². The van der Waals surface area contributed by atoms with Crippen molar-refractivity contribution in [1.29, 1.82) is 0 Å². The number of fused-ring (bicyclic) bond motifs is 1. The first-order valence-electron chi connectivity index (χ1n) is 10.6. The van der Waals surface area contributed by atoms with E-state index in [9.17, 15) is 4.79 Å². The highest BCUT2D eigenvalue weighted by Crippen LogP contribution is 2.41. The summed E-state index contributed by atoms with van der Waals surface area (Å²) in [4.78, 5) is 21.2. The highest BCUT2D eigenvalue weighted by atomic mass is 16.5. The van der Waals surface area contributed by atoms with Crippen molar-refractivity contribution in [2.45, 2.75) is 38.3 Å². The van der Waals surface area contributed by atoms with Crippen LogP contribution in [-0.2, 0) is 4.79 Å². The summed E-state index contributed by atoms with van der Waals surface area (Å²) >= 11 is 0. The van der Waals surface area contributed by atoms with E-state index < -0.39 is 0 Å². The fraction of sp³-hybridized carbons (Fsp3) is 0.435. The molecule has 2 atom stereocenters. The SMILES string of the molecule is COc1ccc(-c2cc3ncn(C4CC4)c3c(O[C@H](C)[C@H]3CNC(=O)C3)n2)cc1OC. The number of amides is 1. The Morgan fingerprint density at radius 2 is 1.97 bits per heavy atom. The number of pyridine rings is 1. The van der Waals surface area contributed by atoms with Crippen molar-refractivity contribution in [1.82, 2.24) is 19.9 Å². The zero-order valence-electron chi connectivity index (χ0n) is 17.9. The van der Waals surface area contributed by atoms with E-state index in [1.165, 1.54) is 0 Å². The minimum Gasteiger partial charge on any atom is -0.493 e. The van der Waals surface area contributed by atoms with Crippen LogP contribution in [0.5, 0.6) is 17.4 Å². The van der Waals surface area contributed by atoms with Gasteiger partial charge in [0.1, 0.15) is 11.6 Å². The normalized spacial score (nSPS) is 19.3. The van der Waals surface area contributed by atoms with Gasteiger partial charge in [-0.25, -0.2) is 9.97 Å². The molecule has 1 aromatic carbocycles. The van der Waals surface area contributed by atoms with E-state index in [0.717, 1.165) is 35.1 Å². The molecule has 1 aliphatic carbocycles. The van der Waals surface area contributed by atoms with Crippen LogP contribution in [0.25, 0.3) is 22.3 Å². The Morgan fingerprint density at radius 3 is 2.65 bits per heavy atom. The Bertz CT molecular complexity index is 1140. The molecule has 3 heterocycles. The number of imidazole rings is 1. The lowest BCUT2D eigenvalue weighted by Gasteiger charge is -2.20. The number of aromatic nitrogens is 3. The lowest BCUT2D eigenvalue weighted by molar-refractivity contribution is -0.119. The fourth-order valence-electron chi connectivity index (χ4n) is 4.11. The summed E-state index contributed by atoms with van der Waals surface area (Å²) in [6.07, 6.45) is 4.47. The zero-order chi connectivity index (χ0) is 21.5. The second-order valence-corrected chi connectivity index (χ2v) is 8.22. The van der Waals surface area contributed by atoms with Crippen molar-refractivity contribution < 1.29 is 19.0 Å². The molecule has 0 spiro atoms. The molecule has 0 unspecified atom stereocenters. The van der Waals surface area contributed by atoms with Gasteiger partial charge >= 0.3 is 0 Å². The zero-order valence-corrected chi connectivity index (χ0v) is 17.9. The van der Waals surface area contributed by atoms with Gasteiger partial charge in [0, 0.05) is 30.5 Å². The largest absolute Gasteiger partial charge is 0.493 e. The number of hydrogen-bond donors (Lipinski definition) is 1. The molecule has 1 saturated carbocycles. The van der Waals surface area contributed by atoms with Crippen molar-refractivity contribution in [3.8, 4) is 28.6 Å². The molecule has 1 amide bonds. The molecule has 0 bridgehead atoms. The van der Waals surface area contributed by atoms with E-state index in [1.54, 1.807) is 14.2 Å². The van der Waals surface area contributed by atoms with Crippen LogP contribution in [-0.4, -0.2) is 47.3 Å². The molecule has 162 valence electrons. The molecule has 2 aromatic heterocycles. The lowest BCUT2D eigenvalue weighted by Crippen LogP contribution is -2.26. The Kier molecular flexibility index (Phi) is 4.92. The first-order valence-corrected chi connectivity index (χ1v) is 10.6. The highest BCUT2D eigenvalue weighted by Gasteiger charge is 2.31. The molecule has 3 aromatic rings. The van der Waals surface area contributed by atoms with E-state index in [1.807, 2.05) is 37.5 Å². The molecule has 8 heteroatoms. The molecule has 2 aliphatic rings. The van der Waals surface area contributed by atoms with E-state index in [4.69, 9.17) is 19.2 Å². The van der Waals surface area contributed by atoms with Crippen molar-refractivity contribution in [2.75, 3.05) is 20.8 Å². The lowest BCUT2D eigenvalue weighted by atomic mass is 10.0. The van der Waals surface area contributed by atoms with E-state index in [0.29, 0.717) is 36.4 Å². The first kappa shape index (κ1) is 19.7. The van der Waals surface area contributed by atoms with Crippen molar-refractivity contribution in [2.24, 2.45) is 5.92 Å². The quantitative estimate of drug-likeness (QED) is 0.628. The van der Waals surface area contributed by atoms with Crippen LogP contribution in [0, 0.1) is 5.92 Å². The highest BCUT2D eigenvalue weighted by molar-refractivity contribution is 5.85. The smallest absolute Gasteiger partial charge is 0.241 e. The van der Waals surface area contributed by atoms with Crippen LogP contribution in [0.15, 0.2) is 30.6 Å². The number of carbonyl (C=O) groups is 1. The second-order valence-electron chi connectivity index (χ2n) is 8.22. The van der Waals surface area contributed by atoms with Gasteiger partial charge < -0.3 is 24.1 Å². The third-order valence-corrected chi connectivity index (χ3v) is 6.11. The molecule has 1 aliphatic heterocycles. The maximum absolute atomic E-state index is 11.7. The van der Waals surface area contributed by atoms with Gasteiger partial charge in [-0.1, -0.05) is 0 Å². The Labute approximate surface area is 180 Å².